The lowest BCUT2D eigenvalue weighted by atomic mass is 10.1. The Morgan fingerprint density at radius 2 is 2.00 bits per heavy atom. The summed E-state index contributed by atoms with van der Waals surface area (Å²) in [4.78, 5) is 8.17. The van der Waals surface area contributed by atoms with Gasteiger partial charge in [-0.1, -0.05) is 12.1 Å². The van der Waals surface area contributed by atoms with Gasteiger partial charge in [0.2, 0.25) is 0 Å². The molecule has 2 atom stereocenters. The average Bonchev–Trinajstić information content (AvgIpc) is 3.11. The van der Waals surface area contributed by atoms with E-state index in [1.165, 1.54) is 17.7 Å². The van der Waals surface area contributed by atoms with Gasteiger partial charge in [0.1, 0.15) is 11.6 Å². The number of nitrogens with one attached hydrogen (secondary N) is 1. The maximum absolute atomic E-state index is 12.8. The minimum Gasteiger partial charge on any atom is -0.365 e. The number of hydrogen-bond donors (Lipinski definition) is 1. The predicted octanol–water partition coefficient (Wildman–Crippen LogP) is 2.58. The average molecular weight is 229 g/mol. The van der Waals surface area contributed by atoms with Gasteiger partial charge in [-0.05, 0) is 24.1 Å². The molecular weight excluding hydrogens is 217 g/mol. The minimum absolute atomic E-state index is 0.187. The monoisotopic (exact) mass is 229 g/mol. The van der Waals surface area contributed by atoms with Crippen LogP contribution in [0.2, 0.25) is 0 Å². The Labute approximate surface area is 98.7 Å². The highest BCUT2D eigenvalue weighted by Gasteiger charge is 2.38. The zero-order chi connectivity index (χ0) is 11.7. The van der Waals surface area contributed by atoms with Crippen LogP contribution in [0.15, 0.2) is 42.9 Å². The second kappa shape index (κ2) is 4.13. The quantitative estimate of drug-likeness (QED) is 0.879. The molecule has 1 heterocycles. The van der Waals surface area contributed by atoms with Crippen molar-refractivity contribution in [3.05, 3.63) is 54.2 Å². The van der Waals surface area contributed by atoms with Crippen molar-refractivity contribution in [3.8, 4) is 0 Å². The van der Waals surface area contributed by atoms with E-state index in [-0.39, 0.29) is 5.82 Å². The fourth-order valence-corrected chi connectivity index (χ4v) is 2.00. The van der Waals surface area contributed by atoms with Crippen LogP contribution in [0.3, 0.4) is 0 Å². The van der Waals surface area contributed by atoms with Crippen molar-refractivity contribution < 1.29 is 4.39 Å². The molecule has 3 nitrogen and oxygen atoms in total. The second-order valence-electron chi connectivity index (χ2n) is 4.24. The van der Waals surface area contributed by atoms with Crippen molar-refractivity contribution in [2.45, 2.75) is 18.4 Å². The van der Waals surface area contributed by atoms with Crippen molar-refractivity contribution in [2.75, 3.05) is 5.32 Å². The Balaban J connectivity index is 1.65. The van der Waals surface area contributed by atoms with Crippen molar-refractivity contribution in [1.29, 1.82) is 0 Å². The smallest absolute Gasteiger partial charge is 0.144 e. The van der Waals surface area contributed by atoms with E-state index in [9.17, 15) is 4.39 Å². The van der Waals surface area contributed by atoms with Crippen LogP contribution in [-0.4, -0.2) is 16.0 Å². The Bertz CT molecular complexity index is 498. The zero-order valence-corrected chi connectivity index (χ0v) is 9.18. The number of rotatable bonds is 3. The summed E-state index contributed by atoms with van der Waals surface area (Å²) in [5.41, 5.74) is 1.17. The highest BCUT2D eigenvalue weighted by atomic mass is 19.1. The number of halogens is 1. The van der Waals surface area contributed by atoms with Crippen LogP contribution in [0, 0.1) is 5.82 Å². The predicted molar refractivity (Wildman–Crippen MR) is 63.2 cm³/mol. The third kappa shape index (κ3) is 2.25. The maximum Gasteiger partial charge on any atom is 0.144 e. The first-order chi connectivity index (χ1) is 8.33. The van der Waals surface area contributed by atoms with E-state index < -0.39 is 0 Å². The first kappa shape index (κ1) is 10.2. The standard InChI is InChI=1S/C13H12FN3/c14-10-3-1-9(2-4-10)11-7-12(11)17-13-8-15-5-6-16-13/h1-6,8,11-12H,7H2,(H,16,17)/t11-,12+/m0/s1. The Hall–Kier alpha value is -1.97. The molecule has 0 radical (unpaired) electrons. The van der Waals surface area contributed by atoms with Crippen LogP contribution in [0.25, 0.3) is 0 Å². The SMILES string of the molecule is Fc1ccc([C@@H]2C[C@H]2Nc2cnccn2)cc1. The van der Waals surface area contributed by atoms with Gasteiger partial charge in [-0.2, -0.15) is 0 Å². The summed E-state index contributed by atoms with van der Waals surface area (Å²) < 4.78 is 12.8. The van der Waals surface area contributed by atoms with Crippen molar-refractivity contribution >= 4 is 5.82 Å². The topological polar surface area (TPSA) is 37.8 Å². The Kier molecular flexibility index (Phi) is 2.48. The van der Waals surface area contributed by atoms with Crippen molar-refractivity contribution in [3.63, 3.8) is 0 Å². The van der Waals surface area contributed by atoms with Crippen molar-refractivity contribution in [1.82, 2.24) is 9.97 Å². The van der Waals surface area contributed by atoms with Gasteiger partial charge in [0.25, 0.3) is 0 Å². The first-order valence-electron chi connectivity index (χ1n) is 5.61. The molecule has 1 aromatic heterocycles. The lowest BCUT2D eigenvalue weighted by Crippen LogP contribution is -2.05. The van der Waals surface area contributed by atoms with Gasteiger partial charge < -0.3 is 5.32 Å². The molecule has 2 aromatic rings. The fourth-order valence-electron chi connectivity index (χ4n) is 2.00. The van der Waals surface area contributed by atoms with Crippen LogP contribution in [-0.2, 0) is 0 Å². The number of nitrogens with zero attached hydrogens (tertiary/aromatic N) is 2. The molecule has 1 N–H and O–H groups in total. The summed E-state index contributed by atoms with van der Waals surface area (Å²) in [7, 11) is 0. The summed E-state index contributed by atoms with van der Waals surface area (Å²) in [5.74, 6) is 1.06. The van der Waals surface area contributed by atoms with Crippen LogP contribution in [0.1, 0.15) is 17.9 Å². The molecule has 1 aliphatic rings. The van der Waals surface area contributed by atoms with Gasteiger partial charge in [0.05, 0.1) is 6.20 Å². The molecule has 1 fully saturated rings. The van der Waals surface area contributed by atoms with Gasteiger partial charge in [0, 0.05) is 24.4 Å². The van der Waals surface area contributed by atoms with Gasteiger partial charge >= 0.3 is 0 Å². The Morgan fingerprint density at radius 3 is 2.71 bits per heavy atom. The number of benzene rings is 1. The van der Waals surface area contributed by atoms with E-state index in [0.29, 0.717) is 12.0 Å². The number of hydrogen-bond acceptors (Lipinski definition) is 3. The molecule has 17 heavy (non-hydrogen) atoms. The third-order valence-corrected chi connectivity index (χ3v) is 2.99. The molecule has 1 saturated carbocycles. The zero-order valence-electron chi connectivity index (χ0n) is 9.18. The van der Waals surface area contributed by atoms with E-state index >= 15 is 0 Å². The fraction of sp³-hybridized carbons (Fsp3) is 0.231. The van der Waals surface area contributed by atoms with Crippen molar-refractivity contribution in [2.24, 2.45) is 0 Å². The van der Waals surface area contributed by atoms with Gasteiger partial charge in [-0.3, -0.25) is 4.98 Å². The van der Waals surface area contributed by atoms with Crippen LogP contribution >= 0.6 is 0 Å². The Morgan fingerprint density at radius 1 is 1.18 bits per heavy atom. The molecule has 0 saturated heterocycles. The van der Waals surface area contributed by atoms with Crippen LogP contribution < -0.4 is 5.32 Å². The number of anilines is 1. The van der Waals surface area contributed by atoms with Gasteiger partial charge in [0.15, 0.2) is 0 Å². The summed E-state index contributed by atoms with van der Waals surface area (Å²) in [6, 6.07) is 7.09. The summed E-state index contributed by atoms with van der Waals surface area (Å²) in [5, 5.41) is 3.31. The normalized spacial score (nSPS) is 22.2. The molecule has 0 unspecified atom stereocenters. The number of aromatic nitrogens is 2. The molecule has 3 rings (SSSR count). The maximum atomic E-state index is 12.8. The largest absolute Gasteiger partial charge is 0.365 e. The second-order valence-corrected chi connectivity index (χ2v) is 4.24. The molecule has 0 amide bonds. The first-order valence-corrected chi connectivity index (χ1v) is 5.61. The summed E-state index contributed by atoms with van der Waals surface area (Å²) >= 11 is 0. The molecule has 0 bridgehead atoms. The third-order valence-electron chi connectivity index (χ3n) is 2.99. The van der Waals surface area contributed by atoms with Gasteiger partial charge in [-0.25, -0.2) is 9.37 Å². The van der Waals surface area contributed by atoms with Crippen LogP contribution in [0.5, 0.6) is 0 Å². The molecule has 1 aliphatic carbocycles. The molecule has 4 heteroatoms. The molecule has 1 aromatic carbocycles. The molecule has 86 valence electrons. The van der Waals surface area contributed by atoms with E-state index in [1.54, 1.807) is 18.6 Å². The highest BCUT2D eigenvalue weighted by molar-refractivity contribution is 5.39. The molecule has 0 spiro atoms. The molecule has 0 aliphatic heterocycles. The van der Waals surface area contributed by atoms with E-state index in [4.69, 9.17) is 0 Å². The highest BCUT2D eigenvalue weighted by Crippen LogP contribution is 2.42. The van der Waals surface area contributed by atoms with E-state index in [0.717, 1.165) is 12.2 Å². The lowest BCUT2D eigenvalue weighted by Gasteiger charge is -2.04. The minimum atomic E-state index is -0.187. The molecular formula is C13H12FN3. The van der Waals surface area contributed by atoms with E-state index in [2.05, 4.69) is 15.3 Å². The van der Waals surface area contributed by atoms with Gasteiger partial charge in [-0.15, -0.1) is 0 Å². The summed E-state index contributed by atoms with van der Waals surface area (Å²) in [6.07, 6.45) is 6.08. The summed E-state index contributed by atoms with van der Waals surface area (Å²) in [6.45, 7) is 0. The van der Waals surface area contributed by atoms with Crippen LogP contribution in [0.4, 0.5) is 10.2 Å². The van der Waals surface area contributed by atoms with E-state index in [1.807, 2.05) is 12.1 Å². The lowest BCUT2D eigenvalue weighted by molar-refractivity contribution is 0.627.